The van der Waals surface area contributed by atoms with Crippen LogP contribution in [0.4, 0.5) is 11.4 Å². The molecule has 0 spiro atoms. The number of phenolic OH excluding ortho intramolecular Hbond substituents is 1. The molecule has 1 heterocycles. The van der Waals surface area contributed by atoms with E-state index in [1.807, 2.05) is 0 Å². The van der Waals surface area contributed by atoms with E-state index in [-0.39, 0.29) is 24.0 Å². The van der Waals surface area contributed by atoms with E-state index < -0.39 is 6.04 Å². The van der Waals surface area contributed by atoms with Crippen LogP contribution in [0.2, 0.25) is 5.02 Å². The van der Waals surface area contributed by atoms with Crippen LogP contribution in [0.15, 0.2) is 48.5 Å². The second-order valence-corrected chi connectivity index (χ2v) is 5.44. The van der Waals surface area contributed by atoms with Gasteiger partial charge in [-0.2, -0.15) is 0 Å². The summed E-state index contributed by atoms with van der Waals surface area (Å²) in [5.41, 5.74) is 1.04. The van der Waals surface area contributed by atoms with E-state index >= 15 is 0 Å². The summed E-state index contributed by atoms with van der Waals surface area (Å²) in [7, 11) is 0. The van der Waals surface area contributed by atoms with Crippen molar-refractivity contribution in [1.82, 2.24) is 0 Å². The number of imide groups is 1. The molecule has 112 valence electrons. The van der Waals surface area contributed by atoms with Gasteiger partial charge in [-0.25, -0.2) is 4.90 Å². The molecule has 0 bridgehead atoms. The van der Waals surface area contributed by atoms with E-state index in [4.69, 9.17) is 11.6 Å². The van der Waals surface area contributed by atoms with Gasteiger partial charge in [-0.05, 0) is 30.3 Å². The second-order valence-electron chi connectivity index (χ2n) is 5.00. The van der Waals surface area contributed by atoms with E-state index in [0.29, 0.717) is 16.4 Å². The normalized spacial score (nSPS) is 17.9. The molecule has 1 saturated heterocycles. The zero-order chi connectivity index (χ0) is 15.7. The molecule has 1 fully saturated rings. The summed E-state index contributed by atoms with van der Waals surface area (Å²) in [6.45, 7) is 0. The lowest BCUT2D eigenvalue weighted by Crippen LogP contribution is -2.34. The number of nitrogens with one attached hydrogen (secondary N) is 1. The quantitative estimate of drug-likeness (QED) is 0.854. The molecule has 1 atom stereocenters. The molecule has 1 aliphatic heterocycles. The van der Waals surface area contributed by atoms with E-state index in [2.05, 4.69) is 5.32 Å². The molecule has 1 aliphatic rings. The molecule has 22 heavy (non-hydrogen) atoms. The molecular weight excluding hydrogens is 304 g/mol. The molecule has 0 aliphatic carbocycles. The zero-order valence-electron chi connectivity index (χ0n) is 11.5. The third-order valence-electron chi connectivity index (χ3n) is 3.40. The van der Waals surface area contributed by atoms with E-state index in [1.165, 1.54) is 12.1 Å². The van der Waals surface area contributed by atoms with Crippen LogP contribution in [0.1, 0.15) is 6.42 Å². The maximum atomic E-state index is 12.5. The van der Waals surface area contributed by atoms with Crippen molar-refractivity contribution < 1.29 is 14.7 Å². The fourth-order valence-corrected chi connectivity index (χ4v) is 2.61. The smallest absolute Gasteiger partial charge is 0.256 e. The molecule has 2 aromatic rings. The van der Waals surface area contributed by atoms with Gasteiger partial charge in [0.1, 0.15) is 11.8 Å². The molecule has 5 nitrogen and oxygen atoms in total. The molecule has 0 aromatic heterocycles. The predicted molar refractivity (Wildman–Crippen MR) is 84.1 cm³/mol. The van der Waals surface area contributed by atoms with E-state index in [9.17, 15) is 14.7 Å². The minimum absolute atomic E-state index is 0.0566. The average Bonchev–Trinajstić information content (AvgIpc) is 2.73. The fraction of sp³-hybridized carbons (Fsp3) is 0.125. The first-order chi connectivity index (χ1) is 10.5. The minimum Gasteiger partial charge on any atom is -0.508 e. The third kappa shape index (κ3) is 2.76. The Kier molecular flexibility index (Phi) is 3.73. The van der Waals surface area contributed by atoms with Crippen LogP contribution in [0.25, 0.3) is 0 Å². The van der Waals surface area contributed by atoms with E-state index in [0.717, 1.165) is 4.90 Å². The maximum absolute atomic E-state index is 12.5. The van der Waals surface area contributed by atoms with Crippen LogP contribution >= 0.6 is 11.6 Å². The molecule has 1 unspecified atom stereocenters. The van der Waals surface area contributed by atoms with Gasteiger partial charge in [0, 0.05) is 16.8 Å². The van der Waals surface area contributed by atoms with Gasteiger partial charge in [0.15, 0.2) is 0 Å². The number of hydrogen-bond donors (Lipinski definition) is 2. The lowest BCUT2D eigenvalue weighted by molar-refractivity contribution is -0.121. The maximum Gasteiger partial charge on any atom is 0.256 e. The number of amides is 2. The topological polar surface area (TPSA) is 69.6 Å². The number of hydrogen-bond acceptors (Lipinski definition) is 4. The molecule has 2 amide bonds. The average molecular weight is 317 g/mol. The Morgan fingerprint density at radius 1 is 1.14 bits per heavy atom. The summed E-state index contributed by atoms with van der Waals surface area (Å²) in [5.74, 6) is -0.533. The zero-order valence-corrected chi connectivity index (χ0v) is 12.2. The van der Waals surface area contributed by atoms with Gasteiger partial charge in [-0.1, -0.05) is 23.7 Å². The van der Waals surface area contributed by atoms with Crippen LogP contribution in [-0.2, 0) is 9.59 Å². The highest BCUT2D eigenvalue weighted by Gasteiger charge is 2.39. The second kappa shape index (κ2) is 5.69. The monoisotopic (exact) mass is 316 g/mol. The van der Waals surface area contributed by atoms with Crippen LogP contribution in [0, 0.1) is 0 Å². The fourth-order valence-electron chi connectivity index (χ4n) is 2.43. The molecule has 2 N–H and O–H groups in total. The van der Waals surface area contributed by atoms with Crippen molar-refractivity contribution in [1.29, 1.82) is 0 Å². The molecule has 3 rings (SSSR count). The lowest BCUT2D eigenvalue weighted by Gasteiger charge is -2.16. The highest BCUT2D eigenvalue weighted by molar-refractivity contribution is 6.31. The van der Waals surface area contributed by atoms with Crippen molar-refractivity contribution in [3.8, 4) is 5.75 Å². The molecule has 0 radical (unpaired) electrons. The third-order valence-corrected chi connectivity index (χ3v) is 3.64. The summed E-state index contributed by atoms with van der Waals surface area (Å²) < 4.78 is 0. The summed E-state index contributed by atoms with van der Waals surface area (Å²) in [6.07, 6.45) is 0.0566. The number of halogens is 1. The predicted octanol–water partition coefficient (Wildman–Crippen LogP) is 2.79. The Morgan fingerprint density at radius 2 is 1.91 bits per heavy atom. The van der Waals surface area contributed by atoms with Crippen molar-refractivity contribution in [3.05, 3.63) is 53.6 Å². The van der Waals surface area contributed by atoms with Gasteiger partial charge in [0.25, 0.3) is 5.91 Å². The SMILES string of the molecule is O=C1CC(Nc2cccc(O)c2)C(=O)N1c1cccc(Cl)c1. The number of anilines is 2. The van der Waals surface area contributed by atoms with Gasteiger partial charge in [0.05, 0.1) is 12.1 Å². The molecule has 2 aromatic carbocycles. The van der Waals surface area contributed by atoms with Gasteiger partial charge >= 0.3 is 0 Å². The summed E-state index contributed by atoms with van der Waals surface area (Å²) >= 11 is 5.91. The van der Waals surface area contributed by atoms with Gasteiger partial charge < -0.3 is 10.4 Å². The number of rotatable bonds is 3. The van der Waals surface area contributed by atoms with Crippen LogP contribution in [0.3, 0.4) is 0 Å². The lowest BCUT2D eigenvalue weighted by atomic mass is 10.2. The van der Waals surface area contributed by atoms with Gasteiger partial charge in [-0.3, -0.25) is 9.59 Å². The number of aromatic hydroxyl groups is 1. The van der Waals surface area contributed by atoms with Crippen molar-refractivity contribution >= 4 is 34.8 Å². The number of benzene rings is 2. The first kappa shape index (κ1) is 14.4. The summed E-state index contributed by atoms with van der Waals surface area (Å²) in [5, 5.41) is 12.9. The van der Waals surface area contributed by atoms with Crippen molar-refractivity contribution in [2.45, 2.75) is 12.5 Å². The Labute approximate surface area is 132 Å². The molecular formula is C16H13ClN2O3. The van der Waals surface area contributed by atoms with Crippen LogP contribution in [0.5, 0.6) is 5.75 Å². The highest BCUT2D eigenvalue weighted by atomic mass is 35.5. The number of phenols is 1. The van der Waals surface area contributed by atoms with E-state index in [1.54, 1.807) is 36.4 Å². The molecule has 6 heteroatoms. The number of carbonyl (C=O) groups is 2. The standard InChI is InChI=1S/C16H13ClN2O3/c17-10-3-1-5-12(7-10)19-15(21)9-14(16(19)22)18-11-4-2-6-13(20)8-11/h1-8,14,18,20H,9H2. The summed E-state index contributed by atoms with van der Waals surface area (Å²) in [6, 6.07) is 12.4. The van der Waals surface area contributed by atoms with Gasteiger partial charge in [-0.15, -0.1) is 0 Å². The highest BCUT2D eigenvalue weighted by Crippen LogP contribution is 2.27. The Hall–Kier alpha value is -2.53. The van der Waals surface area contributed by atoms with Crippen molar-refractivity contribution in [3.63, 3.8) is 0 Å². The van der Waals surface area contributed by atoms with Crippen LogP contribution in [-0.4, -0.2) is 23.0 Å². The Morgan fingerprint density at radius 3 is 2.64 bits per heavy atom. The largest absolute Gasteiger partial charge is 0.508 e. The van der Waals surface area contributed by atoms with Crippen molar-refractivity contribution in [2.24, 2.45) is 0 Å². The minimum atomic E-state index is -0.659. The number of carbonyl (C=O) groups excluding carboxylic acids is 2. The first-order valence-electron chi connectivity index (χ1n) is 6.72. The number of nitrogens with zero attached hydrogens (tertiary/aromatic N) is 1. The van der Waals surface area contributed by atoms with Crippen molar-refractivity contribution in [2.75, 3.05) is 10.2 Å². The Balaban J connectivity index is 1.82. The van der Waals surface area contributed by atoms with Gasteiger partial charge in [0.2, 0.25) is 5.91 Å². The Bertz CT molecular complexity index is 748. The first-order valence-corrected chi connectivity index (χ1v) is 7.10. The molecule has 0 saturated carbocycles. The summed E-state index contributed by atoms with van der Waals surface area (Å²) in [4.78, 5) is 25.7. The van der Waals surface area contributed by atoms with Crippen LogP contribution < -0.4 is 10.2 Å².